The highest BCUT2D eigenvalue weighted by Crippen LogP contribution is 2.39. The molecule has 3 unspecified atom stereocenters. The van der Waals surface area contributed by atoms with E-state index in [1.807, 2.05) is 0 Å². The molecular weight excluding hydrogens is 244 g/mol. The first-order chi connectivity index (χ1) is 9.14. The summed E-state index contributed by atoms with van der Waals surface area (Å²) in [6.07, 6.45) is 6.60. The molecule has 1 rings (SSSR count). The van der Waals surface area contributed by atoms with Crippen molar-refractivity contribution in [2.75, 3.05) is 13.6 Å². The SMILES string of the molecule is CC(C)C1CCCC(CN)(N(C)C(C)C(C)(C)C)CC1. The van der Waals surface area contributed by atoms with Crippen molar-refractivity contribution in [3.05, 3.63) is 0 Å². The first kappa shape index (κ1) is 18.0. The summed E-state index contributed by atoms with van der Waals surface area (Å²) in [6.45, 7) is 14.9. The van der Waals surface area contributed by atoms with Crippen LogP contribution in [0.3, 0.4) is 0 Å². The maximum absolute atomic E-state index is 6.27. The Morgan fingerprint density at radius 3 is 2.20 bits per heavy atom. The highest BCUT2D eigenvalue weighted by Gasteiger charge is 2.40. The van der Waals surface area contributed by atoms with Gasteiger partial charge < -0.3 is 5.73 Å². The van der Waals surface area contributed by atoms with E-state index in [2.05, 4.69) is 53.5 Å². The predicted octanol–water partition coefficient (Wildman–Crippen LogP) is 4.29. The van der Waals surface area contributed by atoms with E-state index in [1.165, 1.54) is 32.1 Å². The van der Waals surface area contributed by atoms with Crippen molar-refractivity contribution >= 4 is 0 Å². The maximum Gasteiger partial charge on any atom is 0.0331 e. The second-order valence-electron chi connectivity index (χ2n) is 8.52. The summed E-state index contributed by atoms with van der Waals surface area (Å²) in [5, 5.41) is 0. The van der Waals surface area contributed by atoms with Gasteiger partial charge in [-0.1, -0.05) is 47.5 Å². The highest BCUT2D eigenvalue weighted by molar-refractivity contribution is 4.97. The first-order valence-corrected chi connectivity index (χ1v) is 8.57. The fourth-order valence-corrected chi connectivity index (χ4v) is 3.78. The predicted molar refractivity (Wildman–Crippen MR) is 89.9 cm³/mol. The average molecular weight is 283 g/mol. The van der Waals surface area contributed by atoms with E-state index in [0.29, 0.717) is 11.5 Å². The van der Waals surface area contributed by atoms with Gasteiger partial charge in [-0.3, -0.25) is 4.90 Å². The lowest BCUT2D eigenvalue weighted by atomic mass is 9.80. The van der Waals surface area contributed by atoms with Crippen LogP contribution in [0, 0.1) is 17.3 Å². The van der Waals surface area contributed by atoms with Gasteiger partial charge in [-0.05, 0) is 50.5 Å². The highest BCUT2D eigenvalue weighted by atomic mass is 15.2. The zero-order valence-electron chi connectivity index (χ0n) is 15.0. The summed E-state index contributed by atoms with van der Waals surface area (Å²) in [5.74, 6) is 1.70. The molecule has 0 bridgehead atoms. The molecule has 120 valence electrons. The number of likely N-dealkylation sites (N-methyl/N-ethyl adjacent to an activating group) is 1. The van der Waals surface area contributed by atoms with E-state index in [1.54, 1.807) is 0 Å². The number of rotatable bonds is 4. The second-order valence-corrected chi connectivity index (χ2v) is 8.52. The van der Waals surface area contributed by atoms with Gasteiger partial charge in [0.15, 0.2) is 0 Å². The van der Waals surface area contributed by atoms with E-state index in [0.717, 1.165) is 18.4 Å². The monoisotopic (exact) mass is 282 g/mol. The molecule has 0 radical (unpaired) electrons. The van der Waals surface area contributed by atoms with Crippen LogP contribution in [0.2, 0.25) is 0 Å². The normalized spacial score (nSPS) is 30.6. The summed E-state index contributed by atoms with van der Waals surface area (Å²) in [6, 6.07) is 0.557. The third kappa shape index (κ3) is 3.98. The molecule has 0 saturated heterocycles. The number of nitrogens with zero attached hydrogens (tertiary/aromatic N) is 1. The minimum Gasteiger partial charge on any atom is -0.329 e. The molecule has 3 atom stereocenters. The molecule has 0 amide bonds. The van der Waals surface area contributed by atoms with Crippen LogP contribution in [-0.2, 0) is 0 Å². The van der Waals surface area contributed by atoms with Gasteiger partial charge in [-0.15, -0.1) is 0 Å². The number of hydrogen-bond donors (Lipinski definition) is 1. The molecule has 0 aromatic heterocycles. The standard InChI is InChI=1S/C18H38N2/c1-14(2)16-9-8-11-18(13-19,12-10-16)20(7)15(3)17(4,5)6/h14-16H,8-13,19H2,1-7H3. The molecule has 1 saturated carbocycles. The molecule has 2 N–H and O–H groups in total. The third-order valence-electron chi connectivity index (χ3n) is 6.10. The minimum atomic E-state index is 0.219. The van der Waals surface area contributed by atoms with Crippen LogP contribution in [0.4, 0.5) is 0 Å². The van der Waals surface area contributed by atoms with Crippen molar-refractivity contribution < 1.29 is 0 Å². The van der Waals surface area contributed by atoms with Crippen molar-refractivity contribution in [2.45, 2.75) is 85.2 Å². The Hall–Kier alpha value is -0.0800. The molecule has 0 aliphatic heterocycles. The molecule has 2 heteroatoms. The fourth-order valence-electron chi connectivity index (χ4n) is 3.78. The van der Waals surface area contributed by atoms with Crippen LogP contribution in [0.25, 0.3) is 0 Å². The molecule has 1 fully saturated rings. The van der Waals surface area contributed by atoms with E-state index in [4.69, 9.17) is 5.73 Å². The zero-order chi connectivity index (χ0) is 15.6. The summed E-state index contributed by atoms with van der Waals surface area (Å²) in [5.41, 5.74) is 6.79. The molecule has 0 heterocycles. The Balaban J connectivity index is 2.86. The molecule has 0 aromatic carbocycles. The largest absolute Gasteiger partial charge is 0.329 e. The summed E-state index contributed by atoms with van der Waals surface area (Å²) >= 11 is 0. The lowest BCUT2D eigenvalue weighted by Crippen LogP contribution is -2.57. The van der Waals surface area contributed by atoms with E-state index in [9.17, 15) is 0 Å². The Labute approximate surface area is 127 Å². The van der Waals surface area contributed by atoms with Crippen LogP contribution >= 0.6 is 0 Å². The van der Waals surface area contributed by atoms with Crippen LogP contribution in [0.1, 0.15) is 73.6 Å². The molecule has 0 aromatic rings. The minimum absolute atomic E-state index is 0.219. The Kier molecular flexibility index (Phi) is 6.10. The van der Waals surface area contributed by atoms with E-state index < -0.39 is 0 Å². The lowest BCUT2D eigenvalue weighted by molar-refractivity contribution is 0.0203. The van der Waals surface area contributed by atoms with Gasteiger partial charge in [-0.25, -0.2) is 0 Å². The Morgan fingerprint density at radius 2 is 1.75 bits per heavy atom. The van der Waals surface area contributed by atoms with Crippen molar-refractivity contribution in [3.8, 4) is 0 Å². The quantitative estimate of drug-likeness (QED) is 0.780. The molecule has 20 heavy (non-hydrogen) atoms. The summed E-state index contributed by atoms with van der Waals surface area (Å²) in [7, 11) is 2.30. The van der Waals surface area contributed by atoms with E-state index in [-0.39, 0.29) is 5.54 Å². The molecule has 2 nitrogen and oxygen atoms in total. The van der Waals surface area contributed by atoms with Gasteiger partial charge in [-0.2, -0.15) is 0 Å². The van der Waals surface area contributed by atoms with Crippen molar-refractivity contribution in [2.24, 2.45) is 23.0 Å². The third-order valence-corrected chi connectivity index (χ3v) is 6.10. The molecule has 0 spiro atoms. The summed E-state index contributed by atoms with van der Waals surface area (Å²) in [4.78, 5) is 2.61. The molecule has 1 aliphatic rings. The van der Waals surface area contributed by atoms with Crippen molar-refractivity contribution in [1.29, 1.82) is 0 Å². The second kappa shape index (κ2) is 6.79. The maximum atomic E-state index is 6.27. The van der Waals surface area contributed by atoms with Crippen LogP contribution in [-0.4, -0.2) is 30.1 Å². The van der Waals surface area contributed by atoms with Crippen molar-refractivity contribution in [1.82, 2.24) is 4.90 Å². The first-order valence-electron chi connectivity index (χ1n) is 8.57. The Morgan fingerprint density at radius 1 is 1.15 bits per heavy atom. The van der Waals surface area contributed by atoms with Gasteiger partial charge in [0.2, 0.25) is 0 Å². The smallest absolute Gasteiger partial charge is 0.0331 e. The lowest BCUT2D eigenvalue weighted by Gasteiger charge is -2.48. The van der Waals surface area contributed by atoms with Crippen LogP contribution < -0.4 is 5.73 Å². The van der Waals surface area contributed by atoms with Crippen LogP contribution in [0.15, 0.2) is 0 Å². The van der Waals surface area contributed by atoms with Gasteiger partial charge in [0.05, 0.1) is 0 Å². The number of hydrogen-bond acceptors (Lipinski definition) is 2. The van der Waals surface area contributed by atoms with E-state index >= 15 is 0 Å². The fraction of sp³-hybridized carbons (Fsp3) is 1.00. The molecular formula is C18H38N2. The number of nitrogens with two attached hydrogens (primary N) is 1. The average Bonchev–Trinajstić information content (AvgIpc) is 2.59. The van der Waals surface area contributed by atoms with Crippen LogP contribution in [0.5, 0.6) is 0 Å². The van der Waals surface area contributed by atoms with Gasteiger partial charge in [0, 0.05) is 18.1 Å². The van der Waals surface area contributed by atoms with Gasteiger partial charge >= 0.3 is 0 Å². The van der Waals surface area contributed by atoms with Gasteiger partial charge in [0.25, 0.3) is 0 Å². The topological polar surface area (TPSA) is 29.3 Å². The molecule has 1 aliphatic carbocycles. The van der Waals surface area contributed by atoms with Gasteiger partial charge in [0.1, 0.15) is 0 Å². The zero-order valence-corrected chi connectivity index (χ0v) is 15.0. The summed E-state index contributed by atoms with van der Waals surface area (Å²) < 4.78 is 0. The Bertz CT molecular complexity index is 292. The van der Waals surface area contributed by atoms with Crippen molar-refractivity contribution in [3.63, 3.8) is 0 Å².